The second-order valence-electron chi connectivity index (χ2n) is 6.37. The maximum Gasteiger partial charge on any atom is 0.243 e. The quantitative estimate of drug-likeness (QED) is 0.701. The number of nitrogens with one attached hydrogen (secondary N) is 2. The van der Waals surface area contributed by atoms with Gasteiger partial charge >= 0.3 is 0 Å². The number of piperidine rings is 1. The Hall–Kier alpha value is -1.90. The van der Waals surface area contributed by atoms with Crippen molar-refractivity contribution < 1.29 is 13.2 Å². The lowest BCUT2D eigenvalue weighted by Crippen LogP contribution is -2.35. The van der Waals surface area contributed by atoms with Gasteiger partial charge in [0.1, 0.15) is 0 Å². The van der Waals surface area contributed by atoms with E-state index in [-0.39, 0.29) is 17.3 Å². The molecule has 0 radical (unpaired) electrons. The van der Waals surface area contributed by atoms with Gasteiger partial charge in [-0.1, -0.05) is 24.6 Å². The Labute approximate surface area is 168 Å². The van der Waals surface area contributed by atoms with E-state index in [1.54, 1.807) is 18.2 Å². The predicted molar refractivity (Wildman–Crippen MR) is 110 cm³/mol. The average molecular weight is 452 g/mol. The van der Waals surface area contributed by atoms with Gasteiger partial charge < -0.3 is 10.6 Å². The van der Waals surface area contributed by atoms with Gasteiger partial charge in [0, 0.05) is 28.9 Å². The minimum absolute atomic E-state index is 0.0751. The van der Waals surface area contributed by atoms with E-state index in [0.29, 0.717) is 18.8 Å². The summed E-state index contributed by atoms with van der Waals surface area (Å²) in [6.07, 6.45) is 2.83. The van der Waals surface area contributed by atoms with Gasteiger partial charge in [-0.3, -0.25) is 4.79 Å². The van der Waals surface area contributed by atoms with Crippen molar-refractivity contribution in [1.29, 1.82) is 0 Å². The molecule has 0 spiro atoms. The third-order valence-corrected chi connectivity index (χ3v) is 6.97. The number of hydrogen-bond donors (Lipinski definition) is 2. The second-order valence-corrected chi connectivity index (χ2v) is 9.17. The molecule has 8 heteroatoms. The Balaban J connectivity index is 1.65. The summed E-state index contributed by atoms with van der Waals surface area (Å²) in [6.45, 7) is 1.18. The van der Waals surface area contributed by atoms with Crippen LogP contribution in [0.25, 0.3) is 0 Å². The minimum atomic E-state index is -3.52. The number of para-hydroxylation sites is 1. The molecule has 1 fully saturated rings. The number of sulfonamides is 1. The number of nitrogens with zero attached hydrogens (tertiary/aromatic N) is 1. The molecule has 1 aliphatic heterocycles. The van der Waals surface area contributed by atoms with Gasteiger partial charge in [0.05, 0.1) is 11.4 Å². The van der Waals surface area contributed by atoms with Crippen LogP contribution >= 0.6 is 15.9 Å². The van der Waals surface area contributed by atoms with Crippen LogP contribution in [-0.2, 0) is 14.8 Å². The molecule has 1 heterocycles. The van der Waals surface area contributed by atoms with Gasteiger partial charge in [0.25, 0.3) is 0 Å². The molecule has 1 saturated heterocycles. The Morgan fingerprint density at radius 2 is 1.78 bits per heavy atom. The van der Waals surface area contributed by atoms with Crippen LogP contribution in [0.4, 0.5) is 11.4 Å². The predicted octanol–water partition coefficient (Wildman–Crippen LogP) is 3.67. The molecule has 3 rings (SSSR count). The molecule has 1 amide bonds. The molecule has 0 unspecified atom stereocenters. The van der Waals surface area contributed by atoms with E-state index in [0.717, 1.165) is 29.4 Å². The van der Waals surface area contributed by atoms with Crippen molar-refractivity contribution in [3.05, 3.63) is 53.0 Å². The van der Waals surface area contributed by atoms with Crippen molar-refractivity contribution >= 4 is 43.2 Å². The van der Waals surface area contributed by atoms with Crippen LogP contribution in [0.5, 0.6) is 0 Å². The van der Waals surface area contributed by atoms with Crippen LogP contribution in [0.2, 0.25) is 0 Å². The first-order chi connectivity index (χ1) is 13.0. The van der Waals surface area contributed by atoms with Crippen LogP contribution in [-0.4, -0.2) is 38.3 Å². The summed E-state index contributed by atoms with van der Waals surface area (Å²) in [5.41, 5.74) is 1.28. The Bertz CT molecular complexity index is 912. The minimum Gasteiger partial charge on any atom is -0.375 e. The van der Waals surface area contributed by atoms with Gasteiger partial charge in [-0.15, -0.1) is 0 Å². The van der Waals surface area contributed by atoms with Crippen molar-refractivity contribution in [2.24, 2.45) is 0 Å². The van der Waals surface area contributed by atoms with Crippen LogP contribution in [0, 0.1) is 0 Å². The van der Waals surface area contributed by atoms with Gasteiger partial charge in [-0.2, -0.15) is 4.31 Å². The number of rotatable bonds is 6. The smallest absolute Gasteiger partial charge is 0.243 e. The normalized spacial score (nSPS) is 15.3. The topological polar surface area (TPSA) is 78.5 Å². The molecule has 0 saturated carbocycles. The molecule has 0 aliphatic carbocycles. The Morgan fingerprint density at radius 1 is 1.04 bits per heavy atom. The van der Waals surface area contributed by atoms with E-state index in [1.165, 1.54) is 10.4 Å². The molecule has 144 valence electrons. The number of amides is 1. The number of anilines is 2. The third kappa shape index (κ3) is 5.09. The lowest BCUT2D eigenvalue weighted by molar-refractivity contribution is -0.114. The highest BCUT2D eigenvalue weighted by Gasteiger charge is 2.26. The largest absolute Gasteiger partial charge is 0.375 e. The fraction of sp³-hybridized carbons (Fsp3) is 0.316. The van der Waals surface area contributed by atoms with E-state index in [1.807, 2.05) is 24.3 Å². The van der Waals surface area contributed by atoms with E-state index in [9.17, 15) is 13.2 Å². The summed E-state index contributed by atoms with van der Waals surface area (Å²) in [4.78, 5) is 12.4. The van der Waals surface area contributed by atoms with E-state index >= 15 is 0 Å². The monoisotopic (exact) mass is 451 g/mol. The fourth-order valence-electron chi connectivity index (χ4n) is 2.97. The molecule has 6 nitrogen and oxygen atoms in total. The van der Waals surface area contributed by atoms with Crippen LogP contribution < -0.4 is 10.6 Å². The number of halogens is 1. The lowest BCUT2D eigenvalue weighted by atomic mass is 10.2. The van der Waals surface area contributed by atoms with Gasteiger partial charge in [-0.25, -0.2) is 8.42 Å². The van der Waals surface area contributed by atoms with Gasteiger partial charge in [0.2, 0.25) is 15.9 Å². The summed E-state index contributed by atoms with van der Waals surface area (Å²) >= 11 is 3.42. The summed E-state index contributed by atoms with van der Waals surface area (Å²) in [5.74, 6) is -0.252. The SMILES string of the molecule is O=C(CNc1ccccc1Br)Nc1cccc(S(=O)(=O)N2CCCCC2)c1. The molecule has 1 aliphatic rings. The fourth-order valence-corrected chi connectivity index (χ4v) is 4.96. The summed E-state index contributed by atoms with van der Waals surface area (Å²) in [7, 11) is -3.52. The Morgan fingerprint density at radius 3 is 2.52 bits per heavy atom. The number of carbonyl (C=O) groups excluding carboxylic acids is 1. The maximum absolute atomic E-state index is 12.8. The Kier molecular flexibility index (Phi) is 6.51. The highest BCUT2D eigenvalue weighted by atomic mass is 79.9. The summed E-state index contributed by atoms with van der Waals surface area (Å²) < 4.78 is 27.9. The molecule has 2 aromatic rings. The maximum atomic E-state index is 12.8. The van der Waals surface area contributed by atoms with E-state index < -0.39 is 10.0 Å². The van der Waals surface area contributed by atoms with E-state index in [2.05, 4.69) is 26.6 Å². The van der Waals surface area contributed by atoms with Crippen molar-refractivity contribution in [3.63, 3.8) is 0 Å². The molecular weight excluding hydrogens is 430 g/mol. The summed E-state index contributed by atoms with van der Waals surface area (Å²) in [6, 6.07) is 13.9. The van der Waals surface area contributed by atoms with Crippen LogP contribution in [0.3, 0.4) is 0 Å². The lowest BCUT2D eigenvalue weighted by Gasteiger charge is -2.26. The van der Waals surface area contributed by atoms with Crippen molar-refractivity contribution in [3.8, 4) is 0 Å². The first kappa shape index (κ1) is 19.9. The number of benzene rings is 2. The molecule has 2 N–H and O–H groups in total. The molecule has 0 atom stereocenters. The highest BCUT2D eigenvalue weighted by molar-refractivity contribution is 9.10. The third-order valence-electron chi connectivity index (χ3n) is 4.38. The van der Waals surface area contributed by atoms with Gasteiger partial charge in [-0.05, 0) is 59.1 Å². The molecule has 0 bridgehead atoms. The van der Waals surface area contributed by atoms with Crippen molar-refractivity contribution in [2.75, 3.05) is 30.3 Å². The van der Waals surface area contributed by atoms with Crippen molar-refractivity contribution in [1.82, 2.24) is 4.31 Å². The van der Waals surface area contributed by atoms with Crippen molar-refractivity contribution in [2.45, 2.75) is 24.2 Å². The molecule has 27 heavy (non-hydrogen) atoms. The standard InChI is InChI=1S/C19H22BrN3O3S/c20-17-9-2-3-10-18(17)21-14-19(24)22-15-7-6-8-16(13-15)27(25,26)23-11-4-1-5-12-23/h2-3,6-10,13,21H,1,4-5,11-12,14H2,(H,22,24). The second kappa shape index (κ2) is 8.86. The first-order valence-corrected chi connectivity index (χ1v) is 11.1. The van der Waals surface area contributed by atoms with Crippen LogP contribution in [0.1, 0.15) is 19.3 Å². The van der Waals surface area contributed by atoms with E-state index in [4.69, 9.17) is 0 Å². The molecule has 2 aromatic carbocycles. The number of carbonyl (C=O) groups is 1. The van der Waals surface area contributed by atoms with Crippen LogP contribution in [0.15, 0.2) is 57.9 Å². The molecule has 0 aromatic heterocycles. The number of hydrogen-bond acceptors (Lipinski definition) is 4. The zero-order valence-electron chi connectivity index (χ0n) is 14.8. The first-order valence-electron chi connectivity index (χ1n) is 8.85. The molecular formula is C19H22BrN3O3S. The average Bonchev–Trinajstić information content (AvgIpc) is 2.68. The highest BCUT2D eigenvalue weighted by Crippen LogP contribution is 2.23. The van der Waals surface area contributed by atoms with Gasteiger partial charge in [0.15, 0.2) is 0 Å². The zero-order valence-corrected chi connectivity index (χ0v) is 17.2. The zero-order chi connectivity index (χ0) is 19.3. The summed E-state index contributed by atoms with van der Waals surface area (Å²) in [5, 5.41) is 5.79.